The molecule has 0 radical (unpaired) electrons. The number of aryl methyl sites for hydroxylation is 1. The Balaban J connectivity index is 3.69. The van der Waals surface area contributed by atoms with Gasteiger partial charge in [0.25, 0.3) is 6.26 Å². The average Bonchev–Trinajstić information content (AvgIpc) is 2.30. The van der Waals surface area contributed by atoms with Gasteiger partial charge in [-0.05, 0) is 31.0 Å². The van der Waals surface area contributed by atoms with Crippen LogP contribution in [0.2, 0.25) is 0 Å². The SMILES string of the molecule is Cc1cc(N=C=O)c(N=C=O)c(OC#N)c1C. The van der Waals surface area contributed by atoms with Gasteiger partial charge in [-0.15, -0.1) is 5.26 Å². The van der Waals surface area contributed by atoms with Crippen LogP contribution in [0, 0.1) is 25.4 Å². The first-order chi connectivity index (χ1) is 8.15. The van der Waals surface area contributed by atoms with Crippen LogP contribution in [0.25, 0.3) is 0 Å². The molecule has 84 valence electrons. The maximum absolute atomic E-state index is 10.3. The van der Waals surface area contributed by atoms with Crippen LogP contribution in [0.1, 0.15) is 11.1 Å². The van der Waals surface area contributed by atoms with Crippen LogP contribution < -0.4 is 4.74 Å². The largest absolute Gasteiger partial charge is 0.385 e. The molecule has 0 atom stereocenters. The Morgan fingerprint density at radius 2 is 1.88 bits per heavy atom. The minimum absolute atomic E-state index is 0.00648. The molecule has 0 aliphatic heterocycles. The molecule has 0 heterocycles. The Bertz CT molecular complexity index is 589. The molecule has 0 fully saturated rings. The summed E-state index contributed by atoms with van der Waals surface area (Å²) in [6, 6.07) is 1.54. The maximum Gasteiger partial charge on any atom is 0.292 e. The summed E-state index contributed by atoms with van der Waals surface area (Å²) in [5.74, 6) is 0.0878. The van der Waals surface area contributed by atoms with Gasteiger partial charge in [-0.2, -0.15) is 9.98 Å². The first-order valence-corrected chi connectivity index (χ1v) is 4.51. The van der Waals surface area contributed by atoms with Crippen molar-refractivity contribution in [3.8, 4) is 12.0 Å². The molecule has 1 aromatic rings. The molecule has 0 aromatic heterocycles. The van der Waals surface area contributed by atoms with Crippen LogP contribution in [0.3, 0.4) is 0 Å². The molecule has 0 aliphatic rings. The fourth-order valence-electron chi connectivity index (χ4n) is 1.31. The first kappa shape index (κ1) is 12.3. The predicted molar refractivity (Wildman–Crippen MR) is 57.7 cm³/mol. The van der Waals surface area contributed by atoms with E-state index in [0.29, 0.717) is 5.56 Å². The average molecular weight is 229 g/mol. The van der Waals surface area contributed by atoms with Crippen LogP contribution in [0.15, 0.2) is 16.1 Å². The van der Waals surface area contributed by atoms with Gasteiger partial charge in [0.15, 0.2) is 5.75 Å². The smallest absolute Gasteiger partial charge is 0.292 e. The second-order valence-corrected chi connectivity index (χ2v) is 3.11. The van der Waals surface area contributed by atoms with Crippen LogP contribution in [-0.4, -0.2) is 12.2 Å². The highest BCUT2D eigenvalue weighted by molar-refractivity contribution is 5.77. The normalized spacial score (nSPS) is 8.53. The predicted octanol–water partition coefficient (Wildman–Crippen LogP) is 2.10. The fourth-order valence-corrected chi connectivity index (χ4v) is 1.31. The summed E-state index contributed by atoms with van der Waals surface area (Å²) in [7, 11) is 0. The van der Waals surface area contributed by atoms with Crippen molar-refractivity contribution in [2.45, 2.75) is 13.8 Å². The van der Waals surface area contributed by atoms with Crippen molar-refractivity contribution in [2.75, 3.05) is 0 Å². The summed E-state index contributed by atoms with van der Waals surface area (Å²) in [6.07, 6.45) is 4.16. The van der Waals surface area contributed by atoms with Gasteiger partial charge in [-0.3, -0.25) is 0 Å². The molecule has 0 bridgehead atoms. The molecule has 0 amide bonds. The molecule has 0 saturated heterocycles. The number of ether oxygens (including phenoxy) is 1. The molecule has 0 unspecified atom stereocenters. The van der Waals surface area contributed by atoms with E-state index in [9.17, 15) is 9.59 Å². The third kappa shape index (κ3) is 2.44. The zero-order chi connectivity index (χ0) is 12.8. The van der Waals surface area contributed by atoms with Crippen LogP contribution in [0.5, 0.6) is 5.75 Å². The number of rotatable bonds is 3. The van der Waals surface area contributed by atoms with E-state index >= 15 is 0 Å². The van der Waals surface area contributed by atoms with Crippen molar-refractivity contribution in [3.05, 3.63) is 17.2 Å². The lowest BCUT2D eigenvalue weighted by molar-refractivity contribution is 0.503. The minimum atomic E-state index is -0.00648. The molecule has 0 saturated carbocycles. The second-order valence-electron chi connectivity index (χ2n) is 3.11. The zero-order valence-electron chi connectivity index (χ0n) is 9.14. The van der Waals surface area contributed by atoms with Crippen molar-refractivity contribution in [2.24, 2.45) is 9.98 Å². The first-order valence-electron chi connectivity index (χ1n) is 4.51. The molecule has 6 nitrogen and oxygen atoms in total. The van der Waals surface area contributed by atoms with Gasteiger partial charge in [0.2, 0.25) is 12.2 Å². The third-order valence-corrected chi connectivity index (χ3v) is 2.21. The minimum Gasteiger partial charge on any atom is -0.385 e. The summed E-state index contributed by atoms with van der Waals surface area (Å²) in [6.45, 7) is 3.44. The monoisotopic (exact) mass is 229 g/mol. The van der Waals surface area contributed by atoms with Gasteiger partial charge in [-0.1, -0.05) is 0 Å². The molecule has 6 heteroatoms. The lowest BCUT2D eigenvalue weighted by atomic mass is 10.1. The van der Waals surface area contributed by atoms with E-state index in [0.717, 1.165) is 5.56 Å². The van der Waals surface area contributed by atoms with Gasteiger partial charge in [-0.25, -0.2) is 9.59 Å². The fraction of sp³-hybridized carbons (Fsp3) is 0.182. The quantitative estimate of drug-likeness (QED) is 0.450. The molecular weight excluding hydrogens is 222 g/mol. The molecule has 17 heavy (non-hydrogen) atoms. The molecule has 1 rings (SSSR count). The highest BCUT2D eigenvalue weighted by Gasteiger charge is 2.15. The number of aliphatic imine (C=N–C) groups is 2. The van der Waals surface area contributed by atoms with Gasteiger partial charge >= 0.3 is 0 Å². The standard InChI is InChI=1S/C11H7N3O3/c1-7-3-9(13-5-15)10(14-6-16)11(8(7)2)17-4-12/h3H,1-2H3. The van der Waals surface area contributed by atoms with Crippen LogP contribution in [0.4, 0.5) is 11.4 Å². The zero-order valence-corrected chi connectivity index (χ0v) is 9.14. The topological polar surface area (TPSA) is 91.9 Å². The number of hydrogen-bond acceptors (Lipinski definition) is 6. The molecule has 0 aliphatic carbocycles. The van der Waals surface area contributed by atoms with Crippen molar-refractivity contribution in [1.82, 2.24) is 0 Å². The molecular formula is C11H7N3O3. The Kier molecular flexibility index (Phi) is 3.91. The van der Waals surface area contributed by atoms with Crippen LogP contribution >= 0.6 is 0 Å². The van der Waals surface area contributed by atoms with Crippen molar-refractivity contribution in [3.63, 3.8) is 0 Å². The van der Waals surface area contributed by atoms with E-state index in [4.69, 9.17) is 10.00 Å². The van der Waals surface area contributed by atoms with Crippen molar-refractivity contribution in [1.29, 1.82) is 5.26 Å². The number of benzene rings is 1. The number of nitriles is 1. The molecule has 0 spiro atoms. The maximum atomic E-state index is 10.3. The Morgan fingerprint density at radius 1 is 1.24 bits per heavy atom. The summed E-state index contributed by atoms with van der Waals surface area (Å²) >= 11 is 0. The van der Waals surface area contributed by atoms with Crippen molar-refractivity contribution >= 4 is 23.5 Å². The van der Waals surface area contributed by atoms with E-state index < -0.39 is 0 Å². The van der Waals surface area contributed by atoms with Gasteiger partial charge < -0.3 is 4.74 Å². The number of isocyanates is 2. The summed E-state index contributed by atoms with van der Waals surface area (Å²) in [4.78, 5) is 27.4. The third-order valence-electron chi connectivity index (χ3n) is 2.21. The highest BCUT2D eigenvalue weighted by atomic mass is 16.5. The van der Waals surface area contributed by atoms with Gasteiger partial charge in [0, 0.05) is 0 Å². The van der Waals surface area contributed by atoms with Crippen LogP contribution in [-0.2, 0) is 9.59 Å². The molecule has 0 N–H and O–H groups in total. The number of nitrogens with zero attached hydrogens (tertiary/aromatic N) is 3. The summed E-state index contributed by atoms with van der Waals surface area (Å²) in [5.41, 5.74) is 1.48. The lowest BCUT2D eigenvalue weighted by Crippen LogP contribution is -1.91. The van der Waals surface area contributed by atoms with Gasteiger partial charge in [0.05, 0.1) is 0 Å². The Labute approximate surface area is 96.9 Å². The summed E-state index contributed by atoms with van der Waals surface area (Å²) < 4.78 is 4.73. The van der Waals surface area contributed by atoms with Crippen molar-refractivity contribution < 1.29 is 14.3 Å². The lowest BCUT2D eigenvalue weighted by Gasteiger charge is -2.09. The number of carbonyl (C=O) groups excluding carboxylic acids is 2. The highest BCUT2D eigenvalue weighted by Crippen LogP contribution is 2.41. The van der Waals surface area contributed by atoms with E-state index in [2.05, 4.69) is 9.98 Å². The van der Waals surface area contributed by atoms with E-state index in [-0.39, 0.29) is 17.1 Å². The van der Waals surface area contributed by atoms with E-state index in [1.807, 2.05) is 0 Å². The van der Waals surface area contributed by atoms with E-state index in [1.54, 1.807) is 19.9 Å². The Hall–Kier alpha value is -2.73. The summed E-state index contributed by atoms with van der Waals surface area (Å²) in [5, 5.41) is 8.53. The van der Waals surface area contributed by atoms with Gasteiger partial charge in [0.1, 0.15) is 11.4 Å². The number of hydrogen-bond donors (Lipinski definition) is 0. The molecule has 1 aromatic carbocycles. The Morgan fingerprint density at radius 3 is 2.41 bits per heavy atom. The van der Waals surface area contributed by atoms with E-state index in [1.165, 1.54) is 18.4 Å². The second kappa shape index (κ2) is 5.38.